The van der Waals surface area contributed by atoms with Gasteiger partial charge in [-0.1, -0.05) is 12.1 Å². The lowest BCUT2D eigenvalue weighted by Gasteiger charge is -2.36. The van der Waals surface area contributed by atoms with Crippen molar-refractivity contribution in [1.29, 1.82) is 0 Å². The molecular weight excluding hydrogens is 254 g/mol. The average molecular weight is 275 g/mol. The van der Waals surface area contributed by atoms with E-state index in [1.54, 1.807) is 12.1 Å². The van der Waals surface area contributed by atoms with E-state index < -0.39 is 0 Å². The molecule has 1 N–H and O–H groups in total. The van der Waals surface area contributed by atoms with Crippen molar-refractivity contribution in [2.45, 2.75) is 31.7 Å². The fourth-order valence-corrected chi connectivity index (χ4v) is 3.56. The van der Waals surface area contributed by atoms with E-state index >= 15 is 0 Å². The van der Waals surface area contributed by atoms with Gasteiger partial charge in [0.2, 0.25) is 0 Å². The van der Waals surface area contributed by atoms with Crippen LogP contribution in [0.5, 0.6) is 0 Å². The zero-order chi connectivity index (χ0) is 13.9. The van der Waals surface area contributed by atoms with E-state index in [0.717, 1.165) is 31.7 Å². The van der Waals surface area contributed by atoms with Crippen LogP contribution in [0.25, 0.3) is 0 Å². The number of nitro benzene ring substituents is 1. The maximum absolute atomic E-state index is 11.2. The Labute approximate surface area is 119 Å². The van der Waals surface area contributed by atoms with Gasteiger partial charge < -0.3 is 10.2 Å². The van der Waals surface area contributed by atoms with Gasteiger partial charge in [-0.25, -0.2) is 0 Å². The van der Waals surface area contributed by atoms with Crippen molar-refractivity contribution in [3.63, 3.8) is 0 Å². The number of piperidine rings is 1. The summed E-state index contributed by atoms with van der Waals surface area (Å²) in [5.41, 5.74) is 1.01. The molecule has 0 radical (unpaired) electrons. The highest BCUT2D eigenvalue weighted by Crippen LogP contribution is 2.33. The quantitative estimate of drug-likeness (QED) is 0.680. The predicted octanol–water partition coefficient (Wildman–Crippen LogP) is 2.56. The molecule has 2 fully saturated rings. The third-order valence-electron chi connectivity index (χ3n) is 4.54. The Kier molecular flexibility index (Phi) is 3.87. The van der Waals surface area contributed by atoms with Crippen LogP contribution in [0.2, 0.25) is 0 Å². The molecule has 1 aromatic carbocycles. The van der Waals surface area contributed by atoms with Crippen molar-refractivity contribution >= 4 is 11.4 Å². The van der Waals surface area contributed by atoms with Crippen molar-refractivity contribution < 1.29 is 4.92 Å². The van der Waals surface area contributed by atoms with Gasteiger partial charge in [0.1, 0.15) is 5.69 Å². The largest absolute Gasteiger partial charge is 0.366 e. The van der Waals surface area contributed by atoms with Crippen LogP contribution in [0.15, 0.2) is 24.3 Å². The third kappa shape index (κ3) is 2.63. The van der Waals surface area contributed by atoms with Gasteiger partial charge in [-0.3, -0.25) is 10.1 Å². The molecule has 0 aromatic heterocycles. The van der Waals surface area contributed by atoms with Crippen molar-refractivity contribution in [1.82, 2.24) is 5.32 Å². The summed E-state index contributed by atoms with van der Waals surface area (Å²) in [6.07, 6.45) is 4.85. The molecular formula is C15H21N3O2. The Morgan fingerprint density at radius 1 is 1.25 bits per heavy atom. The summed E-state index contributed by atoms with van der Waals surface area (Å²) in [6, 6.07) is 7.71. The molecule has 0 aliphatic carbocycles. The van der Waals surface area contributed by atoms with Gasteiger partial charge in [0.25, 0.3) is 5.69 Å². The maximum Gasteiger partial charge on any atom is 0.292 e. The molecule has 0 bridgehead atoms. The lowest BCUT2D eigenvalue weighted by Crippen LogP contribution is -2.43. The molecule has 2 atom stereocenters. The number of benzene rings is 1. The van der Waals surface area contributed by atoms with Gasteiger partial charge in [-0.15, -0.1) is 0 Å². The second-order valence-corrected chi connectivity index (χ2v) is 5.80. The van der Waals surface area contributed by atoms with Crippen molar-refractivity contribution in [3.05, 3.63) is 34.4 Å². The number of para-hydroxylation sites is 2. The van der Waals surface area contributed by atoms with Gasteiger partial charge in [0.05, 0.1) is 4.92 Å². The summed E-state index contributed by atoms with van der Waals surface area (Å²) in [5, 5.41) is 14.7. The number of nitrogens with one attached hydrogen (secondary N) is 1. The van der Waals surface area contributed by atoms with Crippen LogP contribution in [0.3, 0.4) is 0 Å². The third-order valence-corrected chi connectivity index (χ3v) is 4.54. The molecule has 2 heterocycles. The molecule has 20 heavy (non-hydrogen) atoms. The topological polar surface area (TPSA) is 58.4 Å². The molecule has 2 aliphatic rings. The fraction of sp³-hybridized carbons (Fsp3) is 0.600. The van der Waals surface area contributed by atoms with E-state index in [1.807, 2.05) is 12.1 Å². The fourth-order valence-electron chi connectivity index (χ4n) is 3.56. The van der Waals surface area contributed by atoms with Crippen LogP contribution in [-0.4, -0.2) is 30.6 Å². The van der Waals surface area contributed by atoms with Crippen LogP contribution in [0.1, 0.15) is 25.7 Å². The smallest absolute Gasteiger partial charge is 0.292 e. The first kappa shape index (κ1) is 13.4. The Morgan fingerprint density at radius 2 is 2.10 bits per heavy atom. The summed E-state index contributed by atoms with van der Waals surface area (Å²) < 4.78 is 0. The minimum Gasteiger partial charge on any atom is -0.366 e. The van der Waals surface area contributed by atoms with Gasteiger partial charge in [0.15, 0.2) is 0 Å². The van der Waals surface area contributed by atoms with E-state index in [9.17, 15) is 10.1 Å². The monoisotopic (exact) mass is 275 g/mol. The molecule has 2 aliphatic heterocycles. The summed E-state index contributed by atoms with van der Waals surface area (Å²) >= 11 is 0. The average Bonchev–Trinajstić information content (AvgIpc) is 3.01. The van der Waals surface area contributed by atoms with Crippen LogP contribution >= 0.6 is 0 Å². The highest BCUT2D eigenvalue weighted by Gasteiger charge is 2.31. The van der Waals surface area contributed by atoms with Crippen LogP contribution in [0.4, 0.5) is 11.4 Å². The number of rotatable bonds is 3. The van der Waals surface area contributed by atoms with Gasteiger partial charge >= 0.3 is 0 Å². The first-order valence-electron chi connectivity index (χ1n) is 7.47. The van der Waals surface area contributed by atoms with Crippen LogP contribution < -0.4 is 10.2 Å². The zero-order valence-electron chi connectivity index (χ0n) is 11.6. The standard InChI is InChI=1S/C15H21N3O2/c19-18(20)15-8-2-1-7-14(15)17-10-4-5-12(11-17)13-6-3-9-16-13/h1-2,7-8,12-13,16H,3-6,9-11H2. The molecule has 5 heteroatoms. The molecule has 0 spiro atoms. The van der Waals surface area contributed by atoms with Crippen LogP contribution in [0, 0.1) is 16.0 Å². The Morgan fingerprint density at radius 3 is 2.85 bits per heavy atom. The Bertz CT molecular complexity index is 486. The number of hydrogen-bond donors (Lipinski definition) is 1. The molecule has 2 unspecified atom stereocenters. The van der Waals surface area contributed by atoms with Gasteiger partial charge in [-0.2, -0.15) is 0 Å². The molecule has 2 saturated heterocycles. The molecule has 3 rings (SSSR count). The van der Waals surface area contributed by atoms with Crippen molar-refractivity contribution in [2.24, 2.45) is 5.92 Å². The summed E-state index contributed by atoms with van der Waals surface area (Å²) in [6.45, 7) is 2.98. The second kappa shape index (κ2) is 5.79. The van der Waals surface area contributed by atoms with Gasteiger partial charge in [0, 0.05) is 25.2 Å². The summed E-state index contributed by atoms with van der Waals surface area (Å²) in [4.78, 5) is 13.1. The van der Waals surface area contributed by atoms with Crippen molar-refractivity contribution in [3.8, 4) is 0 Å². The zero-order valence-corrected chi connectivity index (χ0v) is 11.6. The minimum atomic E-state index is -0.271. The van der Waals surface area contributed by atoms with Crippen molar-refractivity contribution in [2.75, 3.05) is 24.5 Å². The van der Waals surface area contributed by atoms with E-state index in [4.69, 9.17) is 0 Å². The van der Waals surface area contributed by atoms with Gasteiger partial charge in [-0.05, 0) is 44.2 Å². The Balaban J connectivity index is 1.78. The van der Waals surface area contributed by atoms with E-state index in [2.05, 4.69) is 10.2 Å². The lowest BCUT2D eigenvalue weighted by atomic mass is 9.89. The first-order valence-corrected chi connectivity index (χ1v) is 7.47. The van der Waals surface area contributed by atoms with E-state index in [0.29, 0.717) is 12.0 Å². The highest BCUT2D eigenvalue weighted by atomic mass is 16.6. The number of anilines is 1. The number of nitro groups is 1. The molecule has 1 aromatic rings. The second-order valence-electron chi connectivity index (χ2n) is 5.80. The SMILES string of the molecule is O=[N+]([O-])c1ccccc1N1CCCC(C2CCCN2)C1. The Hall–Kier alpha value is -1.62. The predicted molar refractivity (Wildman–Crippen MR) is 79.1 cm³/mol. The highest BCUT2D eigenvalue weighted by molar-refractivity contribution is 5.63. The number of hydrogen-bond acceptors (Lipinski definition) is 4. The summed E-state index contributed by atoms with van der Waals surface area (Å²) in [5.74, 6) is 0.617. The molecule has 0 amide bonds. The molecule has 5 nitrogen and oxygen atoms in total. The van der Waals surface area contributed by atoms with E-state index in [-0.39, 0.29) is 10.6 Å². The number of nitrogens with zero attached hydrogens (tertiary/aromatic N) is 2. The van der Waals surface area contributed by atoms with Crippen LogP contribution in [-0.2, 0) is 0 Å². The normalized spacial score (nSPS) is 26.7. The molecule has 108 valence electrons. The molecule has 0 saturated carbocycles. The maximum atomic E-state index is 11.2. The lowest BCUT2D eigenvalue weighted by molar-refractivity contribution is -0.384. The first-order chi connectivity index (χ1) is 9.75. The minimum absolute atomic E-state index is 0.229. The summed E-state index contributed by atoms with van der Waals surface area (Å²) in [7, 11) is 0. The van der Waals surface area contributed by atoms with E-state index in [1.165, 1.54) is 19.3 Å².